The summed E-state index contributed by atoms with van der Waals surface area (Å²) >= 11 is 0. The molecule has 2 aliphatic carbocycles. The van der Waals surface area contributed by atoms with Crippen LogP contribution in [-0.4, -0.2) is 16.5 Å². The average Bonchev–Trinajstić information content (AvgIpc) is 2.39. The summed E-state index contributed by atoms with van der Waals surface area (Å²) in [4.78, 5) is 9.63. The number of rotatable bonds is 3. The van der Waals surface area contributed by atoms with E-state index in [1.807, 2.05) is 0 Å². The molecule has 2 saturated carbocycles. The summed E-state index contributed by atoms with van der Waals surface area (Å²) < 4.78 is 0. The van der Waals surface area contributed by atoms with Gasteiger partial charge in [-0.25, -0.2) is 9.97 Å². The lowest BCUT2D eigenvalue weighted by atomic mass is 9.68. The third-order valence-electron chi connectivity index (χ3n) is 5.07. The van der Waals surface area contributed by atoms with Gasteiger partial charge in [0.05, 0.1) is 0 Å². The van der Waals surface area contributed by atoms with Crippen molar-refractivity contribution in [1.29, 1.82) is 0 Å². The van der Waals surface area contributed by atoms with Crippen LogP contribution in [0, 0.1) is 6.92 Å². The quantitative estimate of drug-likeness (QED) is 0.906. The van der Waals surface area contributed by atoms with Gasteiger partial charge in [0.2, 0.25) is 0 Å². The van der Waals surface area contributed by atoms with E-state index in [1.165, 1.54) is 44.2 Å². The summed E-state index contributed by atoms with van der Waals surface area (Å²) in [6.07, 6.45) is 10.3. The van der Waals surface area contributed by atoms with E-state index >= 15 is 0 Å². The summed E-state index contributed by atoms with van der Waals surface area (Å²) in [5.74, 6) is 1.69. The van der Waals surface area contributed by atoms with Gasteiger partial charge in [-0.15, -0.1) is 0 Å². The van der Waals surface area contributed by atoms with E-state index in [0.29, 0.717) is 12.5 Å². The molecular weight excluding hydrogens is 234 g/mol. The van der Waals surface area contributed by atoms with Crippen molar-refractivity contribution >= 4 is 0 Å². The monoisotopic (exact) mass is 259 g/mol. The van der Waals surface area contributed by atoms with E-state index in [-0.39, 0.29) is 5.41 Å². The minimum Gasteiger partial charge on any atom is -0.329 e. The lowest BCUT2D eigenvalue weighted by Gasteiger charge is -2.39. The molecule has 0 aromatic carbocycles. The van der Waals surface area contributed by atoms with Gasteiger partial charge in [0.1, 0.15) is 5.82 Å². The van der Waals surface area contributed by atoms with Gasteiger partial charge in [-0.3, -0.25) is 0 Å². The Morgan fingerprint density at radius 3 is 2.47 bits per heavy atom. The first-order chi connectivity index (χ1) is 9.23. The van der Waals surface area contributed by atoms with Gasteiger partial charge in [0, 0.05) is 29.3 Å². The predicted octanol–water partition coefficient (Wildman–Crippen LogP) is 3.21. The van der Waals surface area contributed by atoms with E-state index in [2.05, 4.69) is 13.0 Å². The Balaban J connectivity index is 1.91. The summed E-state index contributed by atoms with van der Waals surface area (Å²) in [6.45, 7) is 2.79. The molecular formula is C16H25N3. The largest absolute Gasteiger partial charge is 0.329 e. The van der Waals surface area contributed by atoms with Crippen molar-refractivity contribution in [3.8, 4) is 0 Å². The normalized spacial score (nSPS) is 23.1. The maximum atomic E-state index is 6.00. The topological polar surface area (TPSA) is 51.8 Å². The van der Waals surface area contributed by atoms with Gasteiger partial charge in [-0.05, 0) is 38.7 Å². The highest BCUT2D eigenvalue weighted by Gasteiger charge is 2.40. The predicted molar refractivity (Wildman–Crippen MR) is 77.2 cm³/mol. The molecule has 0 bridgehead atoms. The number of aryl methyl sites for hydroxylation is 1. The zero-order chi connectivity index (χ0) is 13.3. The van der Waals surface area contributed by atoms with Crippen molar-refractivity contribution < 1.29 is 0 Å². The molecule has 1 aromatic rings. The maximum absolute atomic E-state index is 6.00. The van der Waals surface area contributed by atoms with Gasteiger partial charge >= 0.3 is 0 Å². The van der Waals surface area contributed by atoms with Crippen LogP contribution in [0.3, 0.4) is 0 Å². The number of hydrogen-bond acceptors (Lipinski definition) is 3. The van der Waals surface area contributed by atoms with Gasteiger partial charge in [-0.2, -0.15) is 0 Å². The molecule has 0 spiro atoms. The highest BCUT2D eigenvalue weighted by molar-refractivity contribution is 5.21. The smallest absolute Gasteiger partial charge is 0.136 e. The van der Waals surface area contributed by atoms with Crippen LogP contribution in [0.2, 0.25) is 0 Å². The zero-order valence-electron chi connectivity index (χ0n) is 12.0. The molecule has 3 rings (SSSR count). The molecule has 2 aliphatic rings. The van der Waals surface area contributed by atoms with E-state index < -0.39 is 0 Å². The average molecular weight is 259 g/mol. The van der Waals surface area contributed by atoms with Crippen LogP contribution in [0.25, 0.3) is 0 Å². The van der Waals surface area contributed by atoms with Crippen molar-refractivity contribution in [3.63, 3.8) is 0 Å². The van der Waals surface area contributed by atoms with Gasteiger partial charge in [-0.1, -0.05) is 25.7 Å². The van der Waals surface area contributed by atoms with Crippen LogP contribution in [0.15, 0.2) is 6.07 Å². The first-order valence-electron chi connectivity index (χ1n) is 7.80. The zero-order valence-corrected chi connectivity index (χ0v) is 12.0. The molecule has 0 saturated heterocycles. The van der Waals surface area contributed by atoms with Crippen LogP contribution in [-0.2, 0) is 5.41 Å². The second-order valence-electron chi connectivity index (χ2n) is 6.43. The molecule has 0 radical (unpaired) electrons. The molecule has 1 heterocycles. The standard InChI is InChI=1S/C16H25N3/c1-12-10-14(13-6-3-2-4-7-13)19-15(18-12)16(11-17)8-5-9-16/h10,13H,2-9,11,17H2,1H3. The minimum atomic E-state index is 0.0927. The van der Waals surface area contributed by atoms with Crippen LogP contribution >= 0.6 is 0 Å². The highest BCUT2D eigenvalue weighted by atomic mass is 14.9. The third kappa shape index (κ3) is 2.40. The molecule has 3 nitrogen and oxygen atoms in total. The van der Waals surface area contributed by atoms with Crippen molar-refractivity contribution in [2.75, 3.05) is 6.54 Å². The molecule has 0 unspecified atom stereocenters. The Labute approximate surface area is 116 Å². The maximum Gasteiger partial charge on any atom is 0.136 e. The van der Waals surface area contributed by atoms with Gasteiger partial charge in [0.25, 0.3) is 0 Å². The fourth-order valence-corrected chi connectivity index (χ4v) is 3.56. The van der Waals surface area contributed by atoms with Crippen LogP contribution < -0.4 is 5.73 Å². The summed E-state index contributed by atoms with van der Waals surface area (Å²) in [5, 5.41) is 0. The van der Waals surface area contributed by atoms with Crippen molar-refractivity contribution in [2.45, 2.75) is 69.6 Å². The van der Waals surface area contributed by atoms with Crippen LogP contribution in [0.1, 0.15) is 74.5 Å². The lowest BCUT2D eigenvalue weighted by molar-refractivity contribution is 0.236. The highest BCUT2D eigenvalue weighted by Crippen LogP contribution is 2.42. The van der Waals surface area contributed by atoms with E-state index in [0.717, 1.165) is 24.4 Å². The molecule has 0 amide bonds. The first-order valence-corrected chi connectivity index (χ1v) is 7.80. The SMILES string of the molecule is Cc1cc(C2CCCCC2)nc(C2(CN)CCC2)n1. The molecule has 0 aliphatic heterocycles. The molecule has 0 atom stereocenters. The first kappa shape index (κ1) is 13.0. The Hall–Kier alpha value is -0.960. The fourth-order valence-electron chi connectivity index (χ4n) is 3.56. The van der Waals surface area contributed by atoms with Crippen LogP contribution in [0.4, 0.5) is 0 Å². The number of nitrogens with zero attached hydrogens (tertiary/aromatic N) is 2. The molecule has 1 aromatic heterocycles. The Morgan fingerprint density at radius 2 is 1.89 bits per heavy atom. The fraction of sp³-hybridized carbons (Fsp3) is 0.750. The van der Waals surface area contributed by atoms with Crippen LogP contribution in [0.5, 0.6) is 0 Å². The summed E-state index contributed by atoms with van der Waals surface area (Å²) in [6, 6.07) is 2.20. The summed E-state index contributed by atoms with van der Waals surface area (Å²) in [7, 11) is 0. The molecule has 2 N–H and O–H groups in total. The van der Waals surface area contributed by atoms with Crippen molar-refractivity contribution in [1.82, 2.24) is 9.97 Å². The van der Waals surface area contributed by atoms with Gasteiger partial charge < -0.3 is 5.73 Å². The summed E-state index contributed by atoms with van der Waals surface area (Å²) in [5.41, 5.74) is 8.49. The molecule has 2 fully saturated rings. The number of hydrogen-bond donors (Lipinski definition) is 1. The second-order valence-corrected chi connectivity index (χ2v) is 6.43. The second kappa shape index (κ2) is 5.20. The van der Waals surface area contributed by atoms with Gasteiger partial charge in [0.15, 0.2) is 0 Å². The third-order valence-corrected chi connectivity index (χ3v) is 5.07. The van der Waals surface area contributed by atoms with E-state index in [4.69, 9.17) is 15.7 Å². The molecule has 104 valence electrons. The minimum absolute atomic E-state index is 0.0927. The Kier molecular flexibility index (Phi) is 3.57. The molecule has 3 heteroatoms. The van der Waals surface area contributed by atoms with E-state index in [1.54, 1.807) is 0 Å². The van der Waals surface area contributed by atoms with Crippen molar-refractivity contribution in [3.05, 3.63) is 23.3 Å². The number of nitrogens with two attached hydrogens (primary N) is 1. The molecule has 19 heavy (non-hydrogen) atoms. The van der Waals surface area contributed by atoms with Crippen molar-refractivity contribution in [2.24, 2.45) is 5.73 Å². The number of aromatic nitrogens is 2. The Bertz CT molecular complexity index is 440. The Morgan fingerprint density at radius 1 is 1.16 bits per heavy atom. The van der Waals surface area contributed by atoms with E-state index in [9.17, 15) is 0 Å². The lowest BCUT2D eigenvalue weighted by Crippen LogP contribution is -2.43.